The van der Waals surface area contributed by atoms with Crippen molar-refractivity contribution >= 4 is 28.5 Å². The third-order valence-corrected chi connectivity index (χ3v) is 4.51. The quantitative estimate of drug-likeness (QED) is 0.549. The lowest BCUT2D eigenvalue weighted by atomic mass is 10.1. The smallest absolute Gasteiger partial charge is 0.354 e. The standard InChI is InChI=1S/C21H15ClN2O2/c22-16-9-10-19-15(11-16)12-20(14-5-2-1-3-6-14)24(19)13-17-7-4-8-18(23-17)21(25)26/h1-12H,13H2,(H,25,26). The second-order valence-electron chi connectivity index (χ2n) is 6.00. The number of carboxylic acids is 1. The maximum absolute atomic E-state index is 11.2. The van der Waals surface area contributed by atoms with E-state index in [-0.39, 0.29) is 5.69 Å². The number of hydrogen-bond donors (Lipinski definition) is 1. The zero-order valence-corrected chi connectivity index (χ0v) is 14.5. The largest absolute Gasteiger partial charge is 0.477 e. The van der Waals surface area contributed by atoms with Crippen LogP contribution in [-0.4, -0.2) is 20.6 Å². The van der Waals surface area contributed by atoms with E-state index in [9.17, 15) is 9.90 Å². The molecule has 0 saturated carbocycles. The van der Waals surface area contributed by atoms with E-state index in [2.05, 4.69) is 15.6 Å². The number of aromatic nitrogens is 2. The zero-order valence-electron chi connectivity index (χ0n) is 13.8. The fourth-order valence-corrected chi connectivity index (χ4v) is 3.29. The van der Waals surface area contributed by atoms with Gasteiger partial charge in [-0.15, -0.1) is 0 Å². The molecule has 128 valence electrons. The molecular formula is C21H15ClN2O2. The molecule has 5 heteroatoms. The van der Waals surface area contributed by atoms with Gasteiger partial charge < -0.3 is 9.67 Å². The van der Waals surface area contributed by atoms with Crippen LogP contribution in [-0.2, 0) is 6.54 Å². The van der Waals surface area contributed by atoms with Gasteiger partial charge in [0.1, 0.15) is 5.69 Å². The zero-order chi connectivity index (χ0) is 18.1. The summed E-state index contributed by atoms with van der Waals surface area (Å²) >= 11 is 6.16. The van der Waals surface area contributed by atoms with Crippen LogP contribution in [0.5, 0.6) is 0 Å². The molecule has 0 spiro atoms. The summed E-state index contributed by atoms with van der Waals surface area (Å²) in [6, 6.07) is 23.0. The Morgan fingerprint density at radius 2 is 1.81 bits per heavy atom. The Hall–Kier alpha value is -3.11. The van der Waals surface area contributed by atoms with Crippen LogP contribution in [0.4, 0.5) is 0 Å². The van der Waals surface area contributed by atoms with E-state index in [1.807, 2.05) is 54.6 Å². The van der Waals surface area contributed by atoms with Gasteiger partial charge in [0.2, 0.25) is 0 Å². The summed E-state index contributed by atoms with van der Waals surface area (Å²) in [5.74, 6) is -1.03. The lowest BCUT2D eigenvalue weighted by molar-refractivity contribution is 0.0690. The van der Waals surface area contributed by atoms with Crippen molar-refractivity contribution in [3.05, 3.63) is 89.2 Å². The Labute approximate surface area is 155 Å². The average Bonchev–Trinajstić information content (AvgIpc) is 3.00. The Morgan fingerprint density at radius 1 is 1.00 bits per heavy atom. The molecule has 0 saturated heterocycles. The first kappa shape index (κ1) is 16.4. The molecule has 0 fully saturated rings. The minimum atomic E-state index is -1.03. The first-order valence-electron chi connectivity index (χ1n) is 8.15. The Kier molecular flexibility index (Phi) is 4.19. The third-order valence-electron chi connectivity index (χ3n) is 4.28. The molecule has 0 aliphatic heterocycles. The van der Waals surface area contributed by atoms with Crippen molar-refractivity contribution in [2.24, 2.45) is 0 Å². The molecule has 2 aromatic carbocycles. The minimum absolute atomic E-state index is 0.0447. The van der Waals surface area contributed by atoms with Crippen LogP contribution in [0.3, 0.4) is 0 Å². The van der Waals surface area contributed by atoms with Crippen molar-refractivity contribution in [2.75, 3.05) is 0 Å². The maximum atomic E-state index is 11.2. The van der Waals surface area contributed by atoms with Crippen molar-refractivity contribution in [3.63, 3.8) is 0 Å². The molecule has 4 aromatic rings. The van der Waals surface area contributed by atoms with Gasteiger partial charge in [-0.3, -0.25) is 0 Å². The number of fused-ring (bicyclic) bond motifs is 1. The molecule has 0 aliphatic rings. The highest BCUT2D eigenvalue weighted by Gasteiger charge is 2.13. The summed E-state index contributed by atoms with van der Waals surface area (Å²) in [5.41, 5.74) is 3.87. The number of pyridine rings is 1. The topological polar surface area (TPSA) is 55.1 Å². The molecule has 2 aromatic heterocycles. The predicted octanol–water partition coefficient (Wildman–Crippen LogP) is 5.10. The molecule has 0 amide bonds. The number of carboxylic acid groups (broad SMARTS) is 1. The number of benzene rings is 2. The number of nitrogens with zero attached hydrogens (tertiary/aromatic N) is 2. The normalized spacial score (nSPS) is 11.0. The summed E-state index contributed by atoms with van der Waals surface area (Å²) in [6.45, 7) is 0.469. The van der Waals surface area contributed by atoms with Gasteiger partial charge in [-0.2, -0.15) is 0 Å². The van der Waals surface area contributed by atoms with Gasteiger partial charge in [0, 0.05) is 21.6 Å². The number of aromatic carboxylic acids is 1. The number of carbonyl (C=O) groups is 1. The summed E-state index contributed by atoms with van der Waals surface area (Å²) in [7, 11) is 0. The summed E-state index contributed by atoms with van der Waals surface area (Å²) in [6.07, 6.45) is 0. The van der Waals surface area contributed by atoms with Gasteiger partial charge in [0.25, 0.3) is 0 Å². The highest BCUT2D eigenvalue weighted by atomic mass is 35.5. The van der Waals surface area contributed by atoms with Crippen LogP contribution in [0, 0.1) is 0 Å². The monoisotopic (exact) mass is 362 g/mol. The molecule has 2 heterocycles. The molecule has 0 bridgehead atoms. The van der Waals surface area contributed by atoms with Gasteiger partial charge in [0.15, 0.2) is 0 Å². The Bertz CT molecular complexity index is 1100. The van der Waals surface area contributed by atoms with E-state index in [1.165, 1.54) is 6.07 Å². The minimum Gasteiger partial charge on any atom is -0.477 e. The molecule has 0 radical (unpaired) electrons. The van der Waals surface area contributed by atoms with Gasteiger partial charge in [0.05, 0.1) is 12.2 Å². The summed E-state index contributed by atoms with van der Waals surface area (Å²) in [5, 5.41) is 10.9. The second-order valence-corrected chi connectivity index (χ2v) is 6.44. The maximum Gasteiger partial charge on any atom is 0.354 e. The van der Waals surface area contributed by atoms with Crippen LogP contribution in [0.25, 0.3) is 22.2 Å². The van der Waals surface area contributed by atoms with Crippen molar-refractivity contribution in [1.82, 2.24) is 9.55 Å². The predicted molar refractivity (Wildman–Crippen MR) is 103 cm³/mol. The van der Waals surface area contributed by atoms with Crippen LogP contribution >= 0.6 is 11.6 Å². The van der Waals surface area contributed by atoms with E-state index >= 15 is 0 Å². The van der Waals surface area contributed by atoms with Crippen molar-refractivity contribution < 1.29 is 9.90 Å². The van der Waals surface area contributed by atoms with E-state index in [0.29, 0.717) is 17.3 Å². The molecule has 4 rings (SSSR count). The lowest BCUT2D eigenvalue weighted by Crippen LogP contribution is -2.07. The number of hydrogen-bond acceptors (Lipinski definition) is 2. The SMILES string of the molecule is O=C(O)c1cccc(Cn2c(-c3ccccc3)cc3cc(Cl)ccc32)n1. The number of halogens is 1. The molecular weight excluding hydrogens is 348 g/mol. The first-order chi connectivity index (χ1) is 12.6. The fraction of sp³-hybridized carbons (Fsp3) is 0.0476. The van der Waals surface area contributed by atoms with E-state index < -0.39 is 5.97 Å². The lowest BCUT2D eigenvalue weighted by Gasteiger charge is -2.11. The first-order valence-corrected chi connectivity index (χ1v) is 8.53. The molecule has 0 atom stereocenters. The van der Waals surface area contributed by atoms with Crippen LogP contribution in [0.2, 0.25) is 5.02 Å². The third kappa shape index (κ3) is 3.07. The van der Waals surface area contributed by atoms with Crippen LogP contribution < -0.4 is 0 Å². The summed E-state index contributed by atoms with van der Waals surface area (Å²) in [4.78, 5) is 15.5. The fourth-order valence-electron chi connectivity index (χ4n) is 3.11. The van der Waals surface area contributed by atoms with Crippen molar-refractivity contribution in [3.8, 4) is 11.3 Å². The van der Waals surface area contributed by atoms with Crippen molar-refractivity contribution in [2.45, 2.75) is 6.54 Å². The average molecular weight is 363 g/mol. The van der Waals surface area contributed by atoms with Crippen molar-refractivity contribution in [1.29, 1.82) is 0 Å². The van der Waals surface area contributed by atoms with Gasteiger partial charge in [-0.25, -0.2) is 9.78 Å². The highest BCUT2D eigenvalue weighted by Crippen LogP contribution is 2.30. The molecule has 0 aliphatic carbocycles. The molecule has 0 unspecified atom stereocenters. The molecule has 26 heavy (non-hydrogen) atoms. The van der Waals surface area contributed by atoms with E-state index in [4.69, 9.17) is 11.6 Å². The Balaban J connectivity index is 1.87. The highest BCUT2D eigenvalue weighted by molar-refractivity contribution is 6.31. The molecule has 1 N–H and O–H groups in total. The molecule has 4 nitrogen and oxygen atoms in total. The van der Waals surface area contributed by atoms with Gasteiger partial charge in [-0.05, 0) is 42.0 Å². The van der Waals surface area contributed by atoms with E-state index in [1.54, 1.807) is 6.07 Å². The van der Waals surface area contributed by atoms with E-state index in [0.717, 1.165) is 22.2 Å². The van der Waals surface area contributed by atoms with Crippen LogP contribution in [0.15, 0.2) is 72.8 Å². The second kappa shape index (κ2) is 6.65. The van der Waals surface area contributed by atoms with Gasteiger partial charge in [-0.1, -0.05) is 48.0 Å². The summed E-state index contributed by atoms with van der Waals surface area (Å²) < 4.78 is 2.13. The van der Waals surface area contributed by atoms with Crippen LogP contribution in [0.1, 0.15) is 16.2 Å². The number of rotatable bonds is 4. The van der Waals surface area contributed by atoms with Gasteiger partial charge >= 0.3 is 5.97 Å². The Morgan fingerprint density at radius 3 is 2.58 bits per heavy atom.